The first-order valence-electron chi connectivity index (χ1n) is 5.36. The summed E-state index contributed by atoms with van der Waals surface area (Å²) in [5, 5.41) is 2.90. The SMILES string of the molecule is CCC(C)NC(=O)/C(Br)=C\c1ccccc1. The maximum atomic E-state index is 11.7. The molecule has 0 saturated carbocycles. The molecule has 1 atom stereocenters. The first-order valence-corrected chi connectivity index (χ1v) is 6.16. The van der Waals surface area contributed by atoms with Crippen LogP contribution in [-0.2, 0) is 4.79 Å². The lowest BCUT2D eigenvalue weighted by Gasteiger charge is -2.10. The van der Waals surface area contributed by atoms with Gasteiger partial charge in [0, 0.05) is 6.04 Å². The van der Waals surface area contributed by atoms with Crippen LogP contribution in [0.3, 0.4) is 0 Å². The molecular formula is C13H16BrNO. The van der Waals surface area contributed by atoms with Crippen LogP contribution in [0.2, 0.25) is 0 Å². The lowest BCUT2D eigenvalue weighted by Crippen LogP contribution is -2.31. The molecule has 2 nitrogen and oxygen atoms in total. The van der Waals surface area contributed by atoms with Crippen molar-refractivity contribution in [2.75, 3.05) is 0 Å². The lowest BCUT2D eigenvalue weighted by atomic mass is 10.2. The molecule has 1 aromatic rings. The maximum absolute atomic E-state index is 11.7. The third-order valence-electron chi connectivity index (χ3n) is 2.30. The molecule has 1 amide bonds. The van der Waals surface area contributed by atoms with Crippen molar-refractivity contribution in [1.82, 2.24) is 5.32 Å². The van der Waals surface area contributed by atoms with Crippen molar-refractivity contribution in [3.63, 3.8) is 0 Å². The minimum Gasteiger partial charge on any atom is -0.349 e. The number of hydrogen-bond donors (Lipinski definition) is 1. The molecular weight excluding hydrogens is 266 g/mol. The van der Waals surface area contributed by atoms with E-state index in [0.717, 1.165) is 12.0 Å². The summed E-state index contributed by atoms with van der Waals surface area (Å²) in [6.45, 7) is 4.03. The van der Waals surface area contributed by atoms with E-state index in [9.17, 15) is 4.79 Å². The summed E-state index contributed by atoms with van der Waals surface area (Å²) in [5.74, 6) is -0.0711. The third-order valence-corrected chi connectivity index (χ3v) is 2.89. The van der Waals surface area contributed by atoms with Crippen LogP contribution in [0.5, 0.6) is 0 Å². The first kappa shape index (κ1) is 13.0. The van der Waals surface area contributed by atoms with Crippen LogP contribution >= 0.6 is 15.9 Å². The van der Waals surface area contributed by atoms with Crippen LogP contribution in [-0.4, -0.2) is 11.9 Å². The molecule has 1 rings (SSSR count). The van der Waals surface area contributed by atoms with E-state index in [-0.39, 0.29) is 11.9 Å². The molecule has 0 bridgehead atoms. The summed E-state index contributed by atoms with van der Waals surface area (Å²) >= 11 is 3.29. The van der Waals surface area contributed by atoms with E-state index < -0.39 is 0 Å². The maximum Gasteiger partial charge on any atom is 0.258 e. The highest BCUT2D eigenvalue weighted by molar-refractivity contribution is 9.12. The van der Waals surface area contributed by atoms with Gasteiger partial charge in [-0.15, -0.1) is 0 Å². The molecule has 0 radical (unpaired) electrons. The quantitative estimate of drug-likeness (QED) is 0.843. The van der Waals surface area contributed by atoms with Crippen molar-refractivity contribution in [3.8, 4) is 0 Å². The zero-order valence-electron chi connectivity index (χ0n) is 9.53. The van der Waals surface area contributed by atoms with Crippen LogP contribution in [0.1, 0.15) is 25.8 Å². The van der Waals surface area contributed by atoms with Gasteiger partial charge in [0.25, 0.3) is 5.91 Å². The normalized spacial score (nSPS) is 13.3. The van der Waals surface area contributed by atoms with Crippen molar-refractivity contribution >= 4 is 27.9 Å². The highest BCUT2D eigenvalue weighted by Crippen LogP contribution is 2.12. The predicted octanol–water partition coefficient (Wildman–Crippen LogP) is 3.34. The minimum atomic E-state index is -0.0711. The Morgan fingerprint density at radius 1 is 1.44 bits per heavy atom. The average Bonchev–Trinajstić information content (AvgIpc) is 2.30. The monoisotopic (exact) mass is 281 g/mol. The van der Waals surface area contributed by atoms with Crippen LogP contribution in [0.4, 0.5) is 0 Å². The molecule has 0 aliphatic heterocycles. The molecule has 86 valence electrons. The van der Waals surface area contributed by atoms with Gasteiger partial charge in [-0.3, -0.25) is 4.79 Å². The van der Waals surface area contributed by atoms with Crippen LogP contribution in [0.25, 0.3) is 6.08 Å². The zero-order chi connectivity index (χ0) is 12.0. The number of rotatable bonds is 4. The Labute approximate surface area is 105 Å². The highest BCUT2D eigenvalue weighted by Gasteiger charge is 2.08. The second-order valence-electron chi connectivity index (χ2n) is 3.69. The van der Waals surface area contributed by atoms with Gasteiger partial charge in [-0.05, 0) is 40.9 Å². The van der Waals surface area contributed by atoms with E-state index in [1.807, 2.05) is 50.3 Å². The van der Waals surface area contributed by atoms with Gasteiger partial charge in [0.05, 0.1) is 4.48 Å². The number of halogens is 1. The van der Waals surface area contributed by atoms with E-state index in [4.69, 9.17) is 0 Å². The first-order chi connectivity index (χ1) is 7.63. The van der Waals surface area contributed by atoms with Crippen molar-refractivity contribution in [1.29, 1.82) is 0 Å². The summed E-state index contributed by atoms with van der Waals surface area (Å²) in [6, 6.07) is 9.95. The zero-order valence-corrected chi connectivity index (χ0v) is 11.1. The smallest absolute Gasteiger partial charge is 0.258 e. The summed E-state index contributed by atoms with van der Waals surface area (Å²) in [5.41, 5.74) is 1.01. The topological polar surface area (TPSA) is 29.1 Å². The molecule has 0 spiro atoms. The van der Waals surface area contributed by atoms with Crippen molar-refractivity contribution in [3.05, 3.63) is 40.4 Å². The van der Waals surface area contributed by atoms with E-state index >= 15 is 0 Å². The minimum absolute atomic E-state index is 0.0711. The van der Waals surface area contributed by atoms with E-state index in [1.165, 1.54) is 0 Å². The molecule has 0 aliphatic rings. The summed E-state index contributed by atoms with van der Waals surface area (Å²) < 4.78 is 0.555. The average molecular weight is 282 g/mol. The van der Waals surface area contributed by atoms with Gasteiger partial charge >= 0.3 is 0 Å². The number of carbonyl (C=O) groups excluding carboxylic acids is 1. The van der Waals surface area contributed by atoms with Crippen LogP contribution < -0.4 is 5.32 Å². The third kappa shape index (κ3) is 4.19. The summed E-state index contributed by atoms with van der Waals surface area (Å²) in [6.07, 6.45) is 2.75. The van der Waals surface area contributed by atoms with Gasteiger partial charge in [0.15, 0.2) is 0 Å². The Kier molecular flexibility index (Phi) is 5.26. The Bertz CT molecular complexity index is 373. The number of carbonyl (C=O) groups is 1. The predicted molar refractivity (Wildman–Crippen MR) is 71.2 cm³/mol. The van der Waals surface area contributed by atoms with Crippen LogP contribution in [0.15, 0.2) is 34.8 Å². The van der Waals surface area contributed by atoms with Crippen LogP contribution in [0, 0.1) is 0 Å². The molecule has 0 saturated heterocycles. The van der Waals surface area contributed by atoms with Gasteiger partial charge < -0.3 is 5.32 Å². The molecule has 16 heavy (non-hydrogen) atoms. The van der Waals surface area contributed by atoms with Gasteiger partial charge in [-0.1, -0.05) is 37.3 Å². The summed E-state index contributed by atoms with van der Waals surface area (Å²) in [4.78, 5) is 11.7. The number of amides is 1. The van der Waals surface area contributed by atoms with Gasteiger partial charge in [-0.2, -0.15) is 0 Å². The fraction of sp³-hybridized carbons (Fsp3) is 0.308. The largest absolute Gasteiger partial charge is 0.349 e. The second kappa shape index (κ2) is 6.48. The van der Waals surface area contributed by atoms with Crippen molar-refractivity contribution in [2.24, 2.45) is 0 Å². The van der Waals surface area contributed by atoms with Gasteiger partial charge in [-0.25, -0.2) is 0 Å². The fourth-order valence-corrected chi connectivity index (χ4v) is 1.53. The fourth-order valence-electron chi connectivity index (χ4n) is 1.16. The molecule has 1 unspecified atom stereocenters. The highest BCUT2D eigenvalue weighted by atomic mass is 79.9. The molecule has 0 aliphatic carbocycles. The number of hydrogen-bond acceptors (Lipinski definition) is 1. The Morgan fingerprint density at radius 3 is 2.62 bits per heavy atom. The molecule has 1 N–H and O–H groups in total. The molecule has 1 aromatic carbocycles. The lowest BCUT2D eigenvalue weighted by molar-refractivity contribution is -0.117. The second-order valence-corrected chi connectivity index (χ2v) is 4.54. The molecule has 0 fully saturated rings. The molecule has 0 aromatic heterocycles. The van der Waals surface area contributed by atoms with Gasteiger partial charge in [0.1, 0.15) is 0 Å². The summed E-state index contributed by atoms with van der Waals surface area (Å²) in [7, 11) is 0. The van der Waals surface area contributed by atoms with E-state index in [0.29, 0.717) is 4.48 Å². The Morgan fingerprint density at radius 2 is 2.06 bits per heavy atom. The standard InChI is InChI=1S/C13H16BrNO/c1-3-10(2)15-13(16)12(14)9-11-7-5-4-6-8-11/h4-10H,3H2,1-2H3,(H,15,16)/b12-9+. The van der Waals surface area contributed by atoms with Crippen molar-refractivity contribution in [2.45, 2.75) is 26.3 Å². The molecule has 0 heterocycles. The Balaban J connectivity index is 2.67. The van der Waals surface area contributed by atoms with Crippen molar-refractivity contribution < 1.29 is 4.79 Å². The number of benzene rings is 1. The Hall–Kier alpha value is -1.09. The van der Waals surface area contributed by atoms with E-state index in [1.54, 1.807) is 0 Å². The number of nitrogens with one attached hydrogen (secondary N) is 1. The van der Waals surface area contributed by atoms with Gasteiger partial charge in [0.2, 0.25) is 0 Å². The molecule has 3 heteroatoms. The van der Waals surface area contributed by atoms with E-state index in [2.05, 4.69) is 21.2 Å².